The van der Waals surface area contributed by atoms with E-state index in [1.54, 1.807) is 0 Å². The summed E-state index contributed by atoms with van der Waals surface area (Å²) in [5, 5.41) is 7.15. The molecule has 5 nitrogen and oxygen atoms in total. The zero-order valence-electron chi connectivity index (χ0n) is 17.4. The minimum Gasteiger partial charge on any atom is -0.360 e. The molecule has 0 saturated carbocycles. The van der Waals surface area contributed by atoms with Crippen molar-refractivity contribution in [2.24, 2.45) is 0 Å². The van der Waals surface area contributed by atoms with E-state index in [1.807, 2.05) is 30.3 Å². The quantitative estimate of drug-likeness (QED) is 0.288. The molecule has 1 aliphatic rings. The lowest BCUT2D eigenvalue weighted by atomic mass is 10.2. The number of nitrogens with one attached hydrogen (secondary N) is 2. The van der Waals surface area contributed by atoms with Gasteiger partial charge in [-0.05, 0) is 42.0 Å². The van der Waals surface area contributed by atoms with Gasteiger partial charge < -0.3 is 24.5 Å². The van der Waals surface area contributed by atoms with Crippen molar-refractivity contribution in [2.75, 3.05) is 35.6 Å². The average molecular weight is 451 g/mol. The van der Waals surface area contributed by atoms with Gasteiger partial charge in [0.25, 0.3) is 0 Å². The van der Waals surface area contributed by atoms with Crippen molar-refractivity contribution in [1.29, 1.82) is 0 Å². The van der Waals surface area contributed by atoms with Crippen LogP contribution < -0.4 is 20.0 Å². The number of para-hydroxylation sites is 2. The van der Waals surface area contributed by atoms with Crippen molar-refractivity contribution in [3.8, 4) is 0 Å². The van der Waals surface area contributed by atoms with Gasteiger partial charge in [-0.25, -0.2) is 0 Å². The number of benzene rings is 3. The van der Waals surface area contributed by atoms with Gasteiger partial charge in [-0.3, -0.25) is 0 Å². The van der Waals surface area contributed by atoms with Crippen LogP contribution in [0.25, 0.3) is 0 Å². The van der Waals surface area contributed by atoms with Crippen LogP contribution in [0.15, 0.2) is 91.0 Å². The highest BCUT2D eigenvalue weighted by atomic mass is 32.1. The van der Waals surface area contributed by atoms with Crippen molar-refractivity contribution >= 4 is 37.2 Å². The van der Waals surface area contributed by atoms with Crippen molar-refractivity contribution in [3.05, 3.63) is 96.6 Å². The fourth-order valence-corrected chi connectivity index (χ4v) is 5.57. The van der Waals surface area contributed by atoms with E-state index in [0.29, 0.717) is 24.8 Å². The smallest absolute Gasteiger partial charge is 0.248 e. The molecule has 0 aliphatic carbocycles. The Kier molecular flexibility index (Phi) is 7.72. The molecule has 160 valence electrons. The molecule has 31 heavy (non-hydrogen) atoms. The number of hydrogen-bond acceptors (Lipinski definition) is 4. The maximum absolute atomic E-state index is 6.42. The molecule has 0 atom stereocenters. The Labute approximate surface area is 191 Å². The lowest BCUT2D eigenvalue weighted by Gasteiger charge is -2.30. The third-order valence-corrected chi connectivity index (χ3v) is 7.33. The van der Waals surface area contributed by atoms with Gasteiger partial charge in [-0.15, -0.1) is 0 Å². The minimum absolute atomic E-state index is 0.575. The summed E-state index contributed by atoms with van der Waals surface area (Å²) in [6.07, 6.45) is 0. The molecule has 1 heterocycles. The van der Waals surface area contributed by atoms with Crippen LogP contribution in [-0.4, -0.2) is 31.4 Å². The number of rotatable bonds is 8. The summed E-state index contributed by atoms with van der Waals surface area (Å²) >= 11 is 5.41. The second-order valence-electron chi connectivity index (χ2n) is 7.10. The molecule has 4 rings (SSSR count). The zero-order valence-corrected chi connectivity index (χ0v) is 19.1. The van der Waals surface area contributed by atoms with Gasteiger partial charge in [0.2, 0.25) is 8.45 Å². The lowest BCUT2D eigenvalue weighted by molar-refractivity contribution is 0.356. The predicted molar refractivity (Wildman–Crippen MR) is 134 cm³/mol. The van der Waals surface area contributed by atoms with Crippen LogP contribution in [0, 0.1) is 0 Å². The number of anilines is 2. The Morgan fingerprint density at radius 2 is 1.29 bits per heavy atom. The summed E-state index contributed by atoms with van der Waals surface area (Å²) in [6, 6.07) is 31.2. The molecule has 0 bridgehead atoms. The summed E-state index contributed by atoms with van der Waals surface area (Å²) in [5.41, 5.74) is 3.59. The summed E-state index contributed by atoms with van der Waals surface area (Å²) in [4.78, 5) is 0. The van der Waals surface area contributed by atoms with Crippen molar-refractivity contribution in [3.63, 3.8) is 0 Å². The van der Waals surface area contributed by atoms with Gasteiger partial charge in [-0.2, -0.15) is 0 Å². The zero-order chi connectivity index (χ0) is 21.3. The van der Waals surface area contributed by atoms with E-state index in [2.05, 4.69) is 80.6 Å². The first-order chi connectivity index (χ1) is 15.3. The molecular weight excluding hydrogens is 423 g/mol. The monoisotopic (exact) mass is 450 g/mol. The summed E-state index contributed by atoms with van der Waals surface area (Å²) in [7, 11) is -0.936. The molecule has 3 aromatic rings. The van der Waals surface area contributed by atoms with Crippen LogP contribution >= 0.6 is 20.7 Å². The van der Waals surface area contributed by atoms with Crippen LogP contribution in [0.3, 0.4) is 0 Å². The third kappa shape index (κ3) is 5.95. The molecule has 1 aliphatic heterocycles. The number of thiocarbonyl (C=S) groups is 1. The Bertz CT molecular complexity index is 898. The van der Waals surface area contributed by atoms with Gasteiger partial charge in [-0.1, -0.05) is 66.7 Å². The molecule has 0 aromatic heterocycles. The third-order valence-electron chi connectivity index (χ3n) is 4.94. The Balaban J connectivity index is 1.31. The second kappa shape index (κ2) is 11.1. The normalized spacial score (nSPS) is 13.9. The molecule has 0 spiro atoms. The molecule has 0 unspecified atom stereocenters. The number of hydrogen-bond donors (Lipinski definition) is 2. The summed E-state index contributed by atoms with van der Waals surface area (Å²) in [6.45, 7) is 3.82. The Hall–Kier alpha value is -2.66. The van der Waals surface area contributed by atoms with Crippen LogP contribution in [0.1, 0.15) is 5.56 Å². The SMILES string of the molecule is S=C(NCCOP1N(c2ccccc2)CCN1c1ccccc1)NCc1ccccc1. The fourth-order valence-electron chi connectivity index (χ4n) is 3.42. The second-order valence-corrected chi connectivity index (χ2v) is 9.24. The maximum Gasteiger partial charge on any atom is 0.248 e. The minimum atomic E-state index is -0.936. The molecule has 2 N–H and O–H groups in total. The van der Waals surface area contributed by atoms with E-state index < -0.39 is 8.45 Å². The molecule has 7 heteroatoms. The van der Waals surface area contributed by atoms with Gasteiger partial charge in [0.15, 0.2) is 5.11 Å². The summed E-state index contributed by atoms with van der Waals surface area (Å²) < 4.78 is 11.2. The molecular formula is C24H27N4OPS. The average Bonchev–Trinajstić information content (AvgIpc) is 3.26. The standard InChI is InChI=1S/C24H27N4OPS/c31-24(26-20-21-10-4-1-5-11-21)25-16-19-29-30-27(22-12-6-2-7-13-22)17-18-28(30)23-14-8-3-9-15-23/h1-15H,16-20H2,(H2,25,26,31). The molecule has 3 aromatic carbocycles. The van der Waals surface area contributed by atoms with Gasteiger partial charge in [0.1, 0.15) is 0 Å². The highest BCUT2D eigenvalue weighted by molar-refractivity contribution is 7.80. The van der Waals surface area contributed by atoms with Crippen LogP contribution in [0.5, 0.6) is 0 Å². The van der Waals surface area contributed by atoms with Crippen LogP contribution in [-0.2, 0) is 11.1 Å². The van der Waals surface area contributed by atoms with E-state index in [-0.39, 0.29) is 0 Å². The Morgan fingerprint density at radius 3 is 1.84 bits per heavy atom. The van der Waals surface area contributed by atoms with Crippen molar-refractivity contribution < 1.29 is 4.52 Å². The van der Waals surface area contributed by atoms with Gasteiger partial charge >= 0.3 is 0 Å². The van der Waals surface area contributed by atoms with Gasteiger partial charge in [0, 0.05) is 37.6 Å². The Morgan fingerprint density at radius 1 is 0.774 bits per heavy atom. The van der Waals surface area contributed by atoms with E-state index in [0.717, 1.165) is 13.1 Å². The van der Waals surface area contributed by atoms with E-state index in [9.17, 15) is 0 Å². The van der Waals surface area contributed by atoms with E-state index >= 15 is 0 Å². The largest absolute Gasteiger partial charge is 0.360 e. The van der Waals surface area contributed by atoms with E-state index in [1.165, 1.54) is 16.9 Å². The first kappa shape index (κ1) is 21.6. The lowest BCUT2D eigenvalue weighted by Crippen LogP contribution is -2.36. The highest BCUT2D eigenvalue weighted by Crippen LogP contribution is 2.53. The highest BCUT2D eigenvalue weighted by Gasteiger charge is 2.34. The van der Waals surface area contributed by atoms with Crippen LogP contribution in [0.2, 0.25) is 0 Å². The van der Waals surface area contributed by atoms with Crippen molar-refractivity contribution in [2.45, 2.75) is 6.54 Å². The van der Waals surface area contributed by atoms with Crippen molar-refractivity contribution in [1.82, 2.24) is 10.6 Å². The number of nitrogens with zero attached hydrogens (tertiary/aromatic N) is 2. The maximum atomic E-state index is 6.42. The fraction of sp³-hybridized carbons (Fsp3) is 0.208. The van der Waals surface area contributed by atoms with Gasteiger partial charge in [0.05, 0.1) is 6.61 Å². The molecule has 1 fully saturated rings. The first-order valence-corrected chi connectivity index (χ1v) is 12.0. The topological polar surface area (TPSA) is 39.8 Å². The molecule has 1 saturated heterocycles. The van der Waals surface area contributed by atoms with Crippen LogP contribution in [0.4, 0.5) is 11.4 Å². The van der Waals surface area contributed by atoms with E-state index in [4.69, 9.17) is 16.7 Å². The molecule has 0 radical (unpaired) electrons. The first-order valence-electron chi connectivity index (χ1n) is 10.4. The summed E-state index contributed by atoms with van der Waals surface area (Å²) in [5.74, 6) is 0. The molecule has 0 amide bonds. The predicted octanol–water partition coefficient (Wildman–Crippen LogP) is 4.92.